The van der Waals surface area contributed by atoms with Gasteiger partial charge in [-0.1, -0.05) is 6.07 Å². The Balaban J connectivity index is 1.67. The van der Waals surface area contributed by atoms with Gasteiger partial charge in [-0.2, -0.15) is 4.68 Å². The van der Waals surface area contributed by atoms with Gasteiger partial charge in [0.15, 0.2) is 5.82 Å². The average molecular weight is 301 g/mol. The first-order valence-corrected chi connectivity index (χ1v) is 6.82. The van der Waals surface area contributed by atoms with Gasteiger partial charge < -0.3 is 10.6 Å². The maximum Gasteiger partial charge on any atom is 0.324 e. The summed E-state index contributed by atoms with van der Waals surface area (Å²) in [4.78, 5) is 24.6. The predicted octanol–water partition coefficient (Wildman–Crippen LogP) is -0.0656. The smallest absolute Gasteiger partial charge is 0.324 e. The Morgan fingerprint density at radius 3 is 3.00 bits per heavy atom. The second kappa shape index (κ2) is 5.80. The molecule has 22 heavy (non-hydrogen) atoms. The normalized spacial score (nSPS) is 14.0. The van der Waals surface area contributed by atoms with E-state index in [1.54, 1.807) is 11.6 Å². The number of aromatic nitrogens is 4. The van der Waals surface area contributed by atoms with E-state index in [0.29, 0.717) is 18.9 Å². The molecule has 3 amide bonds. The molecule has 114 valence electrons. The van der Waals surface area contributed by atoms with Crippen molar-refractivity contribution in [1.82, 2.24) is 30.4 Å². The molecule has 1 aliphatic rings. The van der Waals surface area contributed by atoms with E-state index in [2.05, 4.69) is 26.2 Å². The summed E-state index contributed by atoms with van der Waals surface area (Å²) in [7, 11) is 0. The van der Waals surface area contributed by atoms with E-state index in [0.717, 1.165) is 11.4 Å². The van der Waals surface area contributed by atoms with Crippen molar-refractivity contribution in [2.75, 3.05) is 25.0 Å². The second-order valence-electron chi connectivity index (χ2n) is 4.82. The molecule has 2 N–H and O–H groups in total. The van der Waals surface area contributed by atoms with Crippen molar-refractivity contribution in [3.8, 4) is 5.69 Å². The van der Waals surface area contributed by atoms with Gasteiger partial charge in [0.05, 0.1) is 12.2 Å². The zero-order valence-electron chi connectivity index (χ0n) is 12.0. The number of nitrogens with zero attached hydrogens (tertiary/aromatic N) is 5. The van der Waals surface area contributed by atoms with E-state index in [1.165, 1.54) is 4.90 Å². The van der Waals surface area contributed by atoms with Gasteiger partial charge >= 0.3 is 6.03 Å². The van der Waals surface area contributed by atoms with Crippen LogP contribution in [0.2, 0.25) is 0 Å². The van der Waals surface area contributed by atoms with E-state index in [4.69, 9.17) is 0 Å². The number of hydrogen-bond acceptors (Lipinski definition) is 6. The second-order valence-corrected chi connectivity index (χ2v) is 4.82. The molecule has 0 radical (unpaired) electrons. The van der Waals surface area contributed by atoms with E-state index >= 15 is 0 Å². The number of hydrogen-bond donors (Lipinski definition) is 2. The van der Waals surface area contributed by atoms with E-state index in [1.807, 2.05) is 24.3 Å². The largest absolute Gasteiger partial charge is 0.376 e. The molecule has 2 aromatic rings. The first-order chi connectivity index (χ1) is 10.6. The van der Waals surface area contributed by atoms with Gasteiger partial charge in [-0.25, -0.2) is 4.79 Å². The lowest BCUT2D eigenvalue weighted by molar-refractivity contribution is -0.125. The molecule has 1 aliphatic heterocycles. The number of tetrazole rings is 1. The van der Waals surface area contributed by atoms with Crippen molar-refractivity contribution in [1.29, 1.82) is 0 Å². The Hall–Kier alpha value is -2.97. The summed E-state index contributed by atoms with van der Waals surface area (Å²) >= 11 is 0. The van der Waals surface area contributed by atoms with Gasteiger partial charge in [0.25, 0.3) is 0 Å². The number of anilines is 1. The maximum atomic E-state index is 12.0. The van der Waals surface area contributed by atoms with Crippen LogP contribution in [-0.4, -0.2) is 56.7 Å². The quantitative estimate of drug-likeness (QED) is 0.819. The van der Waals surface area contributed by atoms with E-state index < -0.39 is 0 Å². The Labute approximate surface area is 126 Å². The van der Waals surface area contributed by atoms with Crippen molar-refractivity contribution in [3.63, 3.8) is 0 Å². The minimum Gasteiger partial charge on any atom is -0.376 e. The van der Waals surface area contributed by atoms with Gasteiger partial charge in [-0.15, -0.1) is 5.10 Å². The van der Waals surface area contributed by atoms with Crippen molar-refractivity contribution in [3.05, 3.63) is 30.1 Å². The van der Waals surface area contributed by atoms with Crippen LogP contribution in [0.25, 0.3) is 5.69 Å². The minimum atomic E-state index is -0.343. The average Bonchev–Trinajstić information content (AvgIpc) is 3.13. The SMILES string of the molecule is Cc1nnnn1-c1cccc(NCC(=O)N2CCNC2=O)c1. The number of carbonyl (C=O) groups excluding carboxylic acids is 2. The molecular weight excluding hydrogens is 286 g/mol. The third kappa shape index (κ3) is 2.73. The maximum absolute atomic E-state index is 12.0. The highest BCUT2D eigenvalue weighted by molar-refractivity contribution is 5.97. The Kier molecular flexibility index (Phi) is 3.69. The molecule has 9 nitrogen and oxygen atoms in total. The molecule has 1 fully saturated rings. The first kappa shape index (κ1) is 14.0. The van der Waals surface area contributed by atoms with Gasteiger partial charge in [-0.3, -0.25) is 9.69 Å². The molecular formula is C13H15N7O2. The number of urea groups is 1. The zero-order chi connectivity index (χ0) is 15.5. The number of rotatable bonds is 4. The summed E-state index contributed by atoms with van der Waals surface area (Å²) in [5.41, 5.74) is 1.54. The molecule has 0 atom stereocenters. The third-order valence-electron chi connectivity index (χ3n) is 3.32. The number of aryl methyl sites for hydroxylation is 1. The van der Waals surface area contributed by atoms with Crippen LogP contribution in [0.3, 0.4) is 0 Å². The third-order valence-corrected chi connectivity index (χ3v) is 3.32. The highest BCUT2D eigenvalue weighted by Gasteiger charge is 2.25. The van der Waals surface area contributed by atoms with Crippen LogP contribution < -0.4 is 10.6 Å². The van der Waals surface area contributed by atoms with Crippen LogP contribution in [-0.2, 0) is 4.79 Å². The van der Waals surface area contributed by atoms with Crippen LogP contribution >= 0.6 is 0 Å². The van der Waals surface area contributed by atoms with Gasteiger partial charge in [0, 0.05) is 18.8 Å². The Morgan fingerprint density at radius 2 is 2.32 bits per heavy atom. The molecule has 1 saturated heterocycles. The number of carbonyl (C=O) groups is 2. The van der Waals surface area contributed by atoms with Crippen LogP contribution in [0.4, 0.5) is 10.5 Å². The number of nitrogens with one attached hydrogen (secondary N) is 2. The molecule has 0 aliphatic carbocycles. The van der Waals surface area contributed by atoms with Crippen molar-refractivity contribution >= 4 is 17.6 Å². The molecule has 0 spiro atoms. The molecule has 1 aromatic carbocycles. The van der Waals surface area contributed by atoms with Gasteiger partial charge in [0.2, 0.25) is 5.91 Å². The highest BCUT2D eigenvalue weighted by Crippen LogP contribution is 2.14. The summed E-state index contributed by atoms with van der Waals surface area (Å²) < 4.78 is 1.60. The first-order valence-electron chi connectivity index (χ1n) is 6.82. The molecule has 0 bridgehead atoms. The van der Waals surface area contributed by atoms with Crippen LogP contribution in [0.5, 0.6) is 0 Å². The van der Waals surface area contributed by atoms with Crippen LogP contribution in [0.15, 0.2) is 24.3 Å². The van der Waals surface area contributed by atoms with Crippen molar-refractivity contribution in [2.24, 2.45) is 0 Å². The zero-order valence-corrected chi connectivity index (χ0v) is 12.0. The molecule has 1 aromatic heterocycles. The monoisotopic (exact) mass is 301 g/mol. The fourth-order valence-electron chi connectivity index (χ4n) is 2.20. The van der Waals surface area contributed by atoms with E-state index in [-0.39, 0.29) is 18.5 Å². The fourth-order valence-corrected chi connectivity index (χ4v) is 2.20. The summed E-state index contributed by atoms with van der Waals surface area (Å²) in [6, 6.07) is 7.03. The topological polar surface area (TPSA) is 105 Å². The lowest BCUT2D eigenvalue weighted by Gasteiger charge is -2.13. The summed E-state index contributed by atoms with van der Waals surface area (Å²) in [6.45, 7) is 2.75. The number of imide groups is 1. The summed E-state index contributed by atoms with van der Waals surface area (Å²) in [5, 5.41) is 16.9. The highest BCUT2D eigenvalue weighted by atomic mass is 16.2. The molecule has 3 rings (SSSR count). The standard InChI is InChI=1S/C13H15N7O2/c1-9-16-17-18-20(9)11-4-2-3-10(7-11)15-8-12(21)19-6-5-14-13(19)22/h2-4,7,15H,5-6,8H2,1H3,(H,14,22). The van der Waals surface area contributed by atoms with Gasteiger partial charge in [-0.05, 0) is 35.5 Å². The van der Waals surface area contributed by atoms with Crippen molar-refractivity contribution < 1.29 is 9.59 Å². The van der Waals surface area contributed by atoms with Gasteiger partial charge in [0.1, 0.15) is 0 Å². The Morgan fingerprint density at radius 1 is 1.45 bits per heavy atom. The fraction of sp³-hybridized carbons (Fsp3) is 0.308. The minimum absolute atomic E-state index is 0.0471. The molecule has 0 unspecified atom stereocenters. The van der Waals surface area contributed by atoms with Crippen molar-refractivity contribution in [2.45, 2.75) is 6.92 Å². The number of amides is 3. The lowest BCUT2D eigenvalue weighted by Crippen LogP contribution is -2.38. The summed E-state index contributed by atoms with van der Waals surface area (Å²) in [5.74, 6) is 0.404. The van der Waals surface area contributed by atoms with Crippen LogP contribution in [0.1, 0.15) is 5.82 Å². The number of benzene rings is 1. The predicted molar refractivity (Wildman–Crippen MR) is 77.5 cm³/mol. The lowest BCUT2D eigenvalue weighted by atomic mass is 10.2. The van der Waals surface area contributed by atoms with Crippen LogP contribution in [0, 0.1) is 6.92 Å². The molecule has 9 heteroatoms. The van der Waals surface area contributed by atoms with E-state index in [9.17, 15) is 9.59 Å². The summed E-state index contributed by atoms with van der Waals surface area (Å²) in [6.07, 6.45) is 0. The Bertz CT molecular complexity index is 712. The molecule has 2 heterocycles. The molecule has 0 saturated carbocycles.